The highest BCUT2D eigenvalue weighted by Crippen LogP contribution is 1.92. The van der Waals surface area contributed by atoms with Crippen LogP contribution in [0.5, 0.6) is 0 Å². The molecule has 4 nitrogen and oxygen atoms in total. The lowest BCUT2D eigenvalue weighted by atomic mass is 10.7. The molecule has 0 aromatic carbocycles. The van der Waals surface area contributed by atoms with Crippen molar-refractivity contribution in [2.24, 2.45) is 5.10 Å². The smallest absolute Gasteiger partial charge is 0.216 e. The third-order valence-corrected chi connectivity index (χ3v) is 1.31. The Morgan fingerprint density at radius 1 is 1.80 bits per heavy atom. The van der Waals surface area contributed by atoms with E-state index in [0.29, 0.717) is 4.77 Å². The topological polar surface area (TPSA) is 46.0 Å². The van der Waals surface area contributed by atoms with Gasteiger partial charge in [-0.3, -0.25) is 5.10 Å². The summed E-state index contributed by atoms with van der Waals surface area (Å²) in [5.74, 6) is 0.767. The molecule has 0 saturated heterocycles. The van der Waals surface area contributed by atoms with Crippen LogP contribution in [-0.2, 0) is 0 Å². The Bertz CT molecular complexity index is 295. The number of nitrogens with zero attached hydrogens (tertiary/aromatic N) is 3. The van der Waals surface area contributed by atoms with Crippen LogP contribution >= 0.6 is 12.2 Å². The van der Waals surface area contributed by atoms with Crippen molar-refractivity contribution >= 4 is 18.4 Å². The van der Waals surface area contributed by atoms with Gasteiger partial charge in [0.15, 0.2) is 0 Å². The molecule has 0 aliphatic heterocycles. The first-order valence-corrected chi connectivity index (χ1v) is 3.29. The minimum absolute atomic E-state index is 0.524. The minimum Gasteiger partial charge on any atom is -0.250 e. The molecule has 0 spiro atoms. The van der Waals surface area contributed by atoms with Gasteiger partial charge in [0.2, 0.25) is 4.77 Å². The Labute approximate surface area is 63.6 Å². The third kappa shape index (κ3) is 1.13. The van der Waals surface area contributed by atoms with Gasteiger partial charge < -0.3 is 0 Å². The van der Waals surface area contributed by atoms with E-state index in [1.165, 1.54) is 0 Å². The molecule has 0 atom stereocenters. The fourth-order valence-electron chi connectivity index (χ4n) is 0.622. The van der Waals surface area contributed by atoms with Crippen LogP contribution in [0.25, 0.3) is 0 Å². The van der Waals surface area contributed by atoms with E-state index in [4.69, 9.17) is 12.2 Å². The number of aryl methyl sites for hydroxylation is 1. The van der Waals surface area contributed by atoms with Gasteiger partial charge in [0, 0.05) is 6.21 Å². The van der Waals surface area contributed by atoms with Crippen molar-refractivity contribution in [2.45, 2.75) is 13.8 Å². The molecule has 1 aromatic heterocycles. The first-order chi connectivity index (χ1) is 4.75. The van der Waals surface area contributed by atoms with Gasteiger partial charge in [0.25, 0.3) is 0 Å². The zero-order valence-corrected chi connectivity index (χ0v) is 6.64. The van der Waals surface area contributed by atoms with Crippen molar-refractivity contribution in [2.75, 3.05) is 0 Å². The maximum Gasteiger partial charge on any atom is 0.216 e. The molecule has 0 saturated carbocycles. The second kappa shape index (κ2) is 2.74. The van der Waals surface area contributed by atoms with Crippen molar-refractivity contribution in [3.63, 3.8) is 0 Å². The Hall–Kier alpha value is -0.970. The van der Waals surface area contributed by atoms with Gasteiger partial charge in [0.1, 0.15) is 5.82 Å². The number of hydrogen-bond acceptors (Lipinski definition) is 3. The van der Waals surface area contributed by atoms with Crippen LogP contribution in [0.2, 0.25) is 0 Å². The molecule has 0 bridgehead atoms. The number of aromatic nitrogens is 3. The molecule has 0 radical (unpaired) electrons. The van der Waals surface area contributed by atoms with E-state index < -0.39 is 0 Å². The monoisotopic (exact) mass is 156 g/mol. The summed E-state index contributed by atoms with van der Waals surface area (Å²) < 4.78 is 2.09. The summed E-state index contributed by atoms with van der Waals surface area (Å²) in [4.78, 5) is 0. The van der Waals surface area contributed by atoms with E-state index in [1.807, 2.05) is 13.8 Å². The molecular weight excluding hydrogens is 148 g/mol. The molecule has 54 valence electrons. The van der Waals surface area contributed by atoms with Crippen LogP contribution in [0.4, 0.5) is 0 Å². The molecule has 0 aliphatic rings. The number of hydrogen-bond donors (Lipinski definition) is 1. The summed E-state index contributed by atoms with van der Waals surface area (Å²) in [6.45, 7) is 3.66. The number of H-pyrrole nitrogens is 1. The summed E-state index contributed by atoms with van der Waals surface area (Å²) >= 11 is 4.87. The quantitative estimate of drug-likeness (QED) is 0.489. The van der Waals surface area contributed by atoms with E-state index in [0.717, 1.165) is 5.82 Å². The lowest BCUT2D eigenvalue weighted by molar-refractivity contribution is 0.820. The van der Waals surface area contributed by atoms with Crippen molar-refractivity contribution in [3.05, 3.63) is 10.6 Å². The van der Waals surface area contributed by atoms with Gasteiger partial charge in [-0.15, -0.1) is 0 Å². The van der Waals surface area contributed by atoms with Crippen molar-refractivity contribution in [1.29, 1.82) is 0 Å². The van der Waals surface area contributed by atoms with Crippen molar-refractivity contribution < 1.29 is 0 Å². The minimum atomic E-state index is 0.524. The van der Waals surface area contributed by atoms with Gasteiger partial charge in [-0.05, 0) is 26.1 Å². The van der Waals surface area contributed by atoms with Crippen molar-refractivity contribution in [1.82, 2.24) is 14.9 Å². The predicted octanol–water partition coefficient (Wildman–Crippen LogP) is 1.10. The molecule has 1 aromatic rings. The number of aromatic amines is 1. The second-order valence-electron chi connectivity index (χ2n) is 1.76. The van der Waals surface area contributed by atoms with Gasteiger partial charge in [-0.25, -0.2) is 0 Å². The molecule has 0 aliphatic carbocycles. The van der Waals surface area contributed by atoms with Crippen LogP contribution in [0.1, 0.15) is 12.7 Å². The van der Waals surface area contributed by atoms with Crippen LogP contribution in [0.3, 0.4) is 0 Å². The molecule has 1 heterocycles. The predicted molar refractivity (Wildman–Crippen MR) is 41.7 cm³/mol. The summed E-state index contributed by atoms with van der Waals surface area (Å²) in [6.07, 6.45) is 1.66. The van der Waals surface area contributed by atoms with E-state index in [9.17, 15) is 0 Å². The molecule has 0 amide bonds. The highest BCUT2D eigenvalue weighted by molar-refractivity contribution is 7.71. The average Bonchev–Trinajstić information content (AvgIpc) is 2.20. The third-order valence-electron chi connectivity index (χ3n) is 1.04. The highest BCUT2D eigenvalue weighted by Gasteiger charge is 1.94. The summed E-state index contributed by atoms with van der Waals surface area (Å²) in [7, 11) is 0. The second-order valence-corrected chi connectivity index (χ2v) is 2.15. The summed E-state index contributed by atoms with van der Waals surface area (Å²) in [6, 6.07) is 0. The normalized spacial score (nSPS) is 11.0. The number of nitrogens with one attached hydrogen (secondary N) is 1. The highest BCUT2D eigenvalue weighted by atomic mass is 32.1. The Morgan fingerprint density at radius 3 is 2.90 bits per heavy atom. The molecule has 5 heteroatoms. The summed E-state index contributed by atoms with van der Waals surface area (Å²) in [5.41, 5.74) is 0. The standard InChI is InChI=1S/C5H8N4S/c1-3-6-9-4(2)7-8-5(9)10/h3H,1-2H3,(H,8,10)/b6-3+. The zero-order chi connectivity index (χ0) is 7.56. The van der Waals surface area contributed by atoms with Crippen LogP contribution in [-0.4, -0.2) is 21.1 Å². The summed E-state index contributed by atoms with van der Waals surface area (Å²) in [5, 5.41) is 10.5. The van der Waals surface area contributed by atoms with Crippen molar-refractivity contribution in [3.8, 4) is 0 Å². The van der Waals surface area contributed by atoms with E-state index in [1.54, 1.807) is 10.9 Å². The van der Waals surface area contributed by atoms with E-state index >= 15 is 0 Å². The van der Waals surface area contributed by atoms with E-state index in [-0.39, 0.29) is 0 Å². The number of rotatable bonds is 1. The van der Waals surface area contributed by atoms with Gasteiger partial charge >= 0.3 is 0 Å². The first kappa shape index (κ1) is 7.14. The van der Waals surface area contributed by atoms with Gasteiger partial charge in [-0.2, -0.15) is 14.9 Å². The van der Waals surface area contributed by atoms with Gasteiger partial charge in [0.05, 0.1) is 0 Å². The molecular formula is C5H8N4S. The Morgan fingerprint density at radius 2 is 2.50 bits per heavy atom. The fourth-order valence-corrected chi connectivity index (χ4v) is 0.847. The maximum atomic E-state index is 4.87. The maximum absolute atomic E-state index is 4.87. The molecule has 10 heavy (non-hydrogen) atoms. The molecule has 0 unspecified atom stereocenters. The average molecular weight is 156 g/mol. The fraction of sp³-hybridized carbons (Fsp3) is 0.400. The lowest BCUT2D eigenvalue weighted by Gasteiger charge is -1.89. The van der Waals surface area contributed by atoms with Crippen LogP contribution in [0, 0.1) is 11.7 Å². The molecule has 0 fully saturated rings. The van der Waals surface area contributed by atoms with Crippen LogP contribution < -0.4 is 0 Å². The Kier molecular flexibility index (Phi) is 1.96. The SMILES string of the molecule is C/C=N/n1c(C)n[nH]c1=S. The zero-order valence-electron chi connectivity index (χ0n) is 5.83. The Balaban J connectivity index is 3.23. The molecule has 1 rings (SSSR count). The first-order valence-electron chi connectivity index (χ1n) is 2.88. The van der Waals surface area contributed by atoms with Gasteiger partial charge in [-0.1, -0.05) is 0 Å². The van der Waals surface area contributed by atoms with Crippen LogP contribution in [0.15, 0.2) is 5.10 Å². The lowest BCUT2D eigenvalue weighted by Crippen LogP contribution is -1.90. The largest absolute Gasteiger partial charge is 0.250 e. The molecule has 1 N–H and O–H groups in total. The van der Waals surface area contributed by atoms with E-state index in [2.05, 4.69) is 15.3 Å².